The van der Waals surface area contributed by atoms with E-state index >= 15 is 0 Å². The van der Waals surface area contributed by atoms with Crippen LogP contribution >= 0.6 is 15.9 Å². The number of aliphatic hydroxyl groups excluding tert-OH is 1. The number of halogens is 2. The van der Waals surface area contributed by atoms with E-state index in [1.165, 1.54) is 7.11 Å². The quantitative estimate of drug-likeness (QED) is 0.927. The van der Waals surface area contributed by atoms with Gasteiger partial charge in [-0.05, 0) is 34.0 Å². The maximum Gasteiger partial charge on any atom is 0.170 e. The normalized spacial score (nSPS) is 11.7. The van der Waals surface area contributed by atoms with Crippen molar-refractivity contribution in [2.24, 2.45) is 0 Å². The molecule has 90 valence electrons. The number of benzene rings is 1. The van der Waals surface area contributed by atoms with Crippen molar-refractivity contribution in [3.63, 3.8) is 0 Å². The van der Waals surface area contributed by atoms with Crippen LogP contribution in [-0.4, -0.2) is 18.8 Å². The van der Waals surface area contributed by atoms with Gasteiger partial charge in [0.05, 0.1) is 18.2 Å². The van der Waals surface area contributed by atoms with E-state index in [9.17, 15) is 9.50 Å². The zero-order chi connectivity index (χ0) is 12.5. The van der Waals surface area contributed by atoms with E-state index in [2.05, 4.69) is 15.9 Å². The third-order valence-electron chi connectivity index (χ3n) is 2.67. The van der Waals surface area contributed by atoms with Gasteiger partial charge >= 0.3 is 0 Å². The SMILES string of the molecule is COc1c(F)c(C(C)(C)CO)cc(C)c1Br. The zero-order valence-corrected chi connectivity index (χ0v) is 11.5. The summed E-state index contributed by atoms with van der Waals surface area (Å²) in [6.07, 6.45) is 0. The fourth-order valence-electron chi connectivity index (χ4n) is 1.50. The van der Waals surface area contributed by atoms with Crippen LogP contribution in [0.25, 0.3) is 0 Å². The first-order valence-corrected chi connectivity index (χ1v) is 5.78. The molecule has 0 heterocycles. The van der Waals surface area contributed by atoms with Crippen molar-refractivity contribution in [2.75, 3.05) is 13.7 Å². The van der Waals surface area contributed by atoms with Gasteiger partial charge in [0.2, 0.25) is 0 Å². The van der Waals surface area contributed by atoms with Crippen molar-refractivity contribution < 1.29 is 14.2 Å². The largest absolute Gasteiger partial charge is 0.492 e. The summed E-state index contributed by atoms with van der Waals surface area (Å²) in [5.41, 5.74) is 0.727. The highest BCUT2D eigenvalue weighted by Gasteiger charge is 2.27. The number of hydrogen-bond acceptors (Lipinski definition) is 2. The predicted molar refractivity (Wildman–Crippen MR) is 65.5 cm³/mol. The Morgan fingerprint density at radius 1 is 1.50 bits per heavy atom. The topological polar surface area (TPSA) is 29.5 Å². The number of methoxy groups -OCH3 is 1. The Kier molecular flexibility index (Phi) is 3.97. The molecular weight excluding hydrogens is 275 g/mol. The van der Waals surface area contributed by atoms with E-state index in [0.717, 1.165) is 5.56 Å². The molecule has 1 aromatic carbocycles. The summed E-state index contributed by atoms with van der Waals surface area (Å²) in [6, 6.07) is 1.73. The number of ether oxygens (including phenoxy) is 1. The van der Waals surface area contributed by atoms with Gasteiger partial charge in [-0.1, -0.05) is 19.9 Å². The van der Waals surface area contributed by atoms with Crippen LogP contribution in [0.4, 0.5) is 4.39 Å². The average molecular weight is 291 g/mol. The smallest absolute Gasteiger partial charge is 0.170 e. The molecule has 0 amide bonds. The molecule has 0 aromatic heterocycles. The van der Waals surface area contributed by atoms with Gasteiger partial charge in [0.25, 0.3) is 0 Å². The maximum absolute atomic E-state index is 14.1. The third-order valence-corrected chi connectivity index (χ3v) is 3.66. The Balaban J connectivity index is 3.49. The Labute approximate surface area is 104 Å². The molecule has 0 bridgehead atoms. The Morgan fingerprint density at radius 3 is 2.50 bits per heavy atom. The van der Waals surface area contributed by atoms with Crippen molar-refractivity contribution in [3.8, 4) is 5.75 Å². The molecule has 0 atom stereocenters. The minimum atomic E-state index is -0.622. The van der Waals surface area contributed by atoms with Gasteiger partial charge in [-0.2, -0.15) is 0 Å². The summed E-state index contributed by atoms with van der Waals surface area (Å²) >= 11 is 3.29. The van der Waals surface area contributed by atoms with Crippen LogP contribution in [0.15, 0.2) is 10.5 Å². The van der Waals surface area contributed by atoms with Crippen LogP contribution < -0.4 is 4.74 Å². The number of aliphatic hydroxyl groups is 1. The molecule has 1 N–H and O–H groups in total. The maximum atomic E-state index is 14.1. The van der Waals surface area contributed by atoms with Crippen molar-refractivity contribution in [1.29, 1.82) is 0 Å². The lowest BCUT2D eigenvalue weighted by Gasteiger charge is -2.25. The highest BCUT2D eigenvalue weighted by Crippen LogP contribution is 2.37. The molecule has 16 heavy (non-hydrogen) atoms. The van der Waals surface area contributed by atoms with Gasteiger partial charge in [-0.15, -0.1) is 0 Å². The van der Waals surface area contributed by atoms with Crippen LogP contribution in [0.3, 0.4) is 0 Å². The lowest BCUT2D eigenvalue weighted by molar-refractivity contribution is 0.213. The fraction of sp³-hybridized carbons (Fsp3) is 0.500. The summed E-state index contributed by atoms with van der Waals surface area (Å²) in [5, 5.41) is 9.28. The summed E-state index contributed by atoms with van der Waals surface area (Å²) in [4.78, 5) is 0. The van der Waals surface area contributed by atoms with E-state index in [1.54, 1.807) is 19.9 Å². The van der Waals surface area contributed by atoms with E-state index in [0.29, 0.717) is 10.0 Å². The van der Waals surface area contributed by atoms with E-state index in [1.807, 2.05) is 6.92 Å². The molecule has 0 unspecified atom stereocenters. The molecule has 0 radical (unpaired) electrons. The molecule has 0 fully saturated rings. The second-order valence-electron chi connectivity index (χ2n) is 4.44. The van der Waals surface area contributed by atoms with E-state index < -0.39 is 11.2 Å². The van der Waals surface area contributed by atoms with Gasteiger partial charge in [0.15, 0.2) is 11.6 Å². The standard InChI is InChI=1S/C12H16BrFO2/c1-7-5-8(12(2,3)6-15)10(14)11(16-4)9(7)13/h5,15H,6H2,1-4H3. The molecular formula is C12H16BrFO2. The van der Waals surface area contributed by atoms with E-state index in [4.69, 9.17) is 4.74 Å². The molecule has 0 aliphatic rings. The van der Waals surface area contributed by atoms with Crippen molar-refractivity contribution >= 4 is 15.9 Å². The minimum Gasteiger partial charge on any atom is -0.492 e. The molecule has 4 heteroatoms. The molecule has 1 aromatic rings. The first-order valence-electron chi connectivity index (χ1n) is 4.99. The number of rotatable bonds is 3. The number of hydrogen-bond donors (Lipinski definition) is 1. The number of aryl methyl sites for hydroxylation is 1. The van der Waals surface area contributed by atoms with Crippen LogP contribution in [0.2, 0.25) is 0 Å². The predicted octanol–water partition coefficient (Wildman–Crippen LogP) is 3.18. The Bertz CT molecular complexity index is 402. The van der Waals surface area contributed by atoms with E-state index in [-0.39, 0.29) is 12.4 Å². The monoisotopic (exact) mass is 290 g/mol. The summed E-state index contributed by atoms with van der Waals surface area (Å²) in [7, 11) is 1.43. The highest BCUT2D eigenvalue weighted by molar-refractivity contribution is 9.10. The van der Waals surface area contributed by atoms with Gasteiger partial charge in [-0.25, -0.2) is 4.39 Å². The fourth-order valence-corrected chi connectivity index (χ4v) is 1.95. The Morgan fingerprint density at radius 2 is 2.06 bits per heavy atom. The van der Waals surface area contributed by atoms with Crippen molar-refractivity contribution in [2.45, 2.75) is 26.2 Å². The minimum absolute atomic E-state index is 0.117. The molecule has 0 aliphatic carbocycles. The van der Waals surface area contributed by atoms with Crippen molar-refractivity contribution in [3.05, 3.63) is 27.5 Å². The van der Waals surface area contributed by atoms with Crippen LogP contribution in [0, 0.1) is 12.7 Å². The summed E-state index contributed by atoms with van der Waals surface area (Å²) in [5.74, 6) is -0.226. The zero-order valence-electron chi connectivity index (χ0n) is 9.90. The third kappa shape index (κ3) is 2.23. The second kappa shape index (κ2) is 4.72. The Hall–Kier alpha value is -0.610. The summed E-state index contributed by atoms with van der Waals surface area (Å²) < 4.78 is 19.8. The van der Waals surface area contributed by atoms with Gasteiger partial charge in [0, 0.05) is 5.41 Å². The summed E-state index contributed by atoms with van der Waals surface area (Å²) in [6.45, 7) is 5.33. The molecule has 0 saturated heterocycles. The second-order valence-corrected chi connectivity index (χ2v) is 5.24. The highest BCUT2D eigenvalue weighted by atomic mass is 79.9. The molecule has 0 saturated carbocycles. The first-order chi connectivity index (χ1) is 7.35. The van der Waals surface area contributed by atoms with Gasteiger partial charge < -0.3 is 9.84 Å². The molecule has 0 spiro atoms. The van der Waals surface area contributed by atoms with Crippen molar-refractivity contribution in [1.82, 2.24) is 0 Å². The lowest BCUT2D eigenvalue weighted by atomic mass is 9.84. The molecule has 2 nitrogen and oxygen atoms in total. The molecule has 1 rings (SSSR count). The van der Waals surface area contributed by atoms with Gasteiger partial charge in [0.1, 0.15) is 0 Å². The lowest BCUT2D eigenvalue weighted by Crippen LogP contribution is -2.24. The average Bonchev–Trinajstić information content (AvgIpc) is 2.24. The van der Waals surface area contributed by atoms with Crippen LogP contribution in [0.1, 0.15) is 25.0 Å². The molecule has 0 aliphatic heterocycles. The first kappa shape index (κ1) is 13.5. The van der Waals surface area contributed by atoms with Gasteiger partial charge in [-0.3, -0.25) is 0 Å². The van der Waals surface area contributed by atoms with Crippen LogP contribution in [0.5, 0.6) is 5.75 Å². The van der Waals surface area contributed by atoms with Crippen LogP contribution in [-0.2, 0) is 5.41 Å².